The van der Waals surface area contributed by atoms with Gasteiger partial charge in [0.25, 0.3) is 0 Å². The predicted molar refractivity (Wildman–Crippen MR) is 99.6 cm³/mol. The third-order valence-electron chi connectivity index (χ3n) is 6.11. The van der Waals surface area contributed by atoms with E-state index in [1.807, 2.05) is 24.3 Å². The van der Waals surface area contributed by atoms with Crippen LogP contribution in [-0.4, -0.2) is 11.0 Å². The molecule has 0 spiro atoms. The Morgan fingerprint density at radius 1 is 1.08 bits per heavy atom. The number of thiocarbonyl (C=S) groups is 1. The Morgan fingerprint density at radius 3 is 2.17 bits per heavy atom. The number of carbonyl (C=O) groups excluding carboxylic acids is 1. The van der Waals surface area contributed by atoms with Crippen molar-refractivity contribution in [2.75, 3.05) is 0 Å². The Morgan fingerprint density at radius 2 is 1.62 bits per heavy atom. The predicted octanol–water partition coefficient (Wildman–Crippen LogP) is 4.05. The van der Waals surface area contributed by atoms with Crippen molar-refractivity contribution in [3.05, 3.63) is 34.9 Å². The standard InChI is InChI=1S/C19H23ClN2OS/c20-16-3-1-12(2-4-16)11-21-18(24)22-17(23)19-8-13-5-14(9-19)7-15(6-13)10-19/h1-4,13-15H,5-11H2,(H2,21,22,23,24). The van der Waals surface area contributed by atoms with Crippen LogP contribution in [0.3, 0.4) is 0 Å². The highest BCUT2D eigenvalue weighted by molar-refractivity contribution is 7.80. The molecule has 0 atom stereocenters. The van der Waals surface area contributed by atoms with Crippen LogP contribution < -0.4 is 10.6 Å². The molecule has 4 bridgehead atoms. The van der Waals surface area contributed by atoms with Crippen molar-refractivity contribution >= 4 is 34.8 Å². The van der Waals surface area contributed by atoms with Crippen molar-refractivity contribution in [1.29, 1.82) is 0 Å². The van der Waals surface area contributed by atoms with Crippen LogP contribution >= 0.6 is 23.8 Å². The van der Waals surface area contributed by atoms with Gasteiger partial charge in [-0.2, -0.15) is 0 Å². The third-order valence-corrected chi connectivity index (χ3v) is 6.61. The smallest absolute Gasteiger partial charge is 0.232 e. The van der Waals surface area contributed by atoms with Crippen LogP contribution in [0.4, 0.5) is 0 Å². The first kappa shape index (κ1) is 16.3. The van der Waals surface area contributed by atoms with Crippen LogP contribution in [0.5, 0.6) is 0 Å². The van der Waals surface area contributed by atoms with Crippen LogP contribution in [0.2, 0.25) is 5.02 Å². The quantitative estimate of drug-likeness (QED) is 0.797. The lowest BCUT2D eigenvalue weighted by molar-refractivity contribution is -0.144. The first-order chi connectivity index (χ1) is 11.5. The van der Waals surface area contributed by atoms with Crippen LogP contribution in [-0.2, 0) is 11.3 Å². The van der Waals surface area contributed by atoms with E-state index in [1.165, 1.54) is 19.3 Å². The number of nitrogens with one attached hydrogen (secondary N) is 2. The van der Waals surface area contributed by atoms with E-state index in [2.05, 4.69) is 10.6 Å². The summed E-state index contributed by atoms with van der Waals surface area (Å²) in [4.78, 5) is 12.9. The van der Waals surface area contributed by atoms with Crippen LogP contribution in [0.1, 0.15) is 44.1 Å². The number of halogens is 1. The van der Waals surface area contributed by atoms with Gasteiger partial charge in [0, 0.05) is 11.6 Å². The van der Waals surface area contributed by atoms with E-state index in [0.717, 1.165) is 47.6 Å². The summed E-state index contributed by atoms with van der Waals surface area (Å²) in [5, 5.41) is 7.27. The summed E-state index contributed by atoms with van der Waals surface area (Å²) in [5.41, 5.74) is 0.937. The summed E-state index contributed by atoms with van der Waals surface area (Å²) in [6, 6.07) is 7.63. The average Bonchev–Trinajstić information content (AvgIpc) is 2.53. The molecular formula is C19H23ClN2OS. The molecule has 0 radical (unpaired) electrons. The second kappa shape index (κ2) is 6.30. The van der Waals surface area contributed by atoms with Crippen molar-refractivity contribution in [1.82, 2.24) is 10.6 Å². The number of rotatable bonds is 3. The summed E-state index contributed by atoms with van der Waals surface area (Å²) in [6.07, 6.45) is 7.20. The highest BCUT2D eigenvalue weighted by atomic mass is 35.5. The van der Waals surface area contributed by atoms with Crippen LogP contribution in [0, 0.1) is 23.2 Å². The fourth-order valence-electron chi connectivity index (χ4n) is 5.45. The van der Waals surface area contributed by atoms with Gasteiger partial charge >= 0.3 is 0 Å². The van der Waals surface area contributed by atoms with E-state index < -0.39 is 0 Å². The molecule has 24 heavy (non-hydrogen) atoms. The van der Waals surface area contributed by atoms with Gasteiger partial charge in [0.15, 0.2) is 5.11 Å². The summed E-state index contributed by atoms with van der Waals surface area (Å²) in [6.45, 7) is 0.594. The molecule has 0 heterocycles. The molecule has 4 aliphatic rings. The summed E-state index contributed by atoms with van der Waals surface area (Å²) >= 11 is 11.2. The minimum Gasteiger partial charge on any atom is -0.358 e. The summed E-state index contributed by atoms with van der Waals surface area (Å²) in [5.74, 6) is 2.43. The zero-order valence-electron chi connectivity index (χ0n) is 13.7. The molecule has 5 rings (SSSR count). The van der Waals surface area contributed by atoms with Crippen LogP contribution in [0.25, 0.3) is 0 Å². The van der Waals surface area contributed by atoms with Crippen molar-refractivity contribution < 1.29 is 4.79 Å². The van der Waals surface area contributed by atoms with Crippen molar-refractivity contribution in [3.8, 4) is 0 Å². The number of benzene rings is 1. The van der Waals surface area contributed by atoms with Gasteiger partial charge in [-0.3, -0.25) is 4.79 Å². The molecule has 0 aliphatic heterocycles. The van der Waals surface area contributed by atoms with E-state index in [1.54, 1.807) is 0 Å². The molecule has 0 aromatic heterocycles. The molecule has 2 N–H and O–H groups in total. The SMILES string of the molecule is O=C(NC(=S)NCc1ccc(Cl)cc1)C12CC3CC(CC(C3)C1)C2. The molecule has 1 aromatic rings. The van der Waals surface area contributed by atoms with Gasteiger partial charge in [0.2, 0.25) is 5.91 Å². The van der Waals surface area contributed by atoms with E-state index in [-0.39, 0.29) is 11.3 Å². The first-order valence-electron chi connectivity index (χ1n) is 8.86. The largest absolute Gasteiger partial charge is 0.358 e. The maximum Gasteiger partial charge on any atom is 0.232 e. The highest BCUT2D eigenvalue weighted by Crippen LogP contribution is 2.60. The van der Waals surface area contributed by atoms with E-state index >= 15 is 0 Å². The lowest BCUT2D eigenvalue weighted by Gasteiger charge is -2.55. The van der Waals surface area contributed by atoms with Crippen molar-refractivity contribution in [2.45, 2.75) is 45.1 Å². The van der Waals surface area contributed by atoms with Crippen molar-refractivity contribution in [3.63, 3.8) is 0 Å². The molecule has 4 saturated carbocycles. The summed E-state index contributed by atoms with van der Waals surface area (Å²) < 4.78 is 0. The van der Waals surface area contributed by atoms with E-state index in [4.69, 9.17) is 23.8 Å². The Kier molecular flexibility index (Phi) is 4.29. The fraction of sp³-hybridized carbons (Fsp3) is 0.579. The zero-order chi connectivity index (χ0) is 16.7. The lowest BCUT2D eigenvalue weighted by Crippen LogP contribution is -2.55. The van der Waals surface area contributed by atoms with Gasteiger partial charge in [-0.25, -0.2) is 0 Å². The zero-order valence-corrected chi connectivity index (χ0v) is 15.3. The Hall–Kier alpha value is -1.13. The molecular weight excluding hydrogens is 340 g/mol. The van der Waals surface area contributed by atoms with Crippen molar-refractivity contribution in [2.24, 2.45) is 23.2 Å². The molecule has 1 aromatic carbocycles. The normalized spacial score (nSPS) is 33.3. The van der Waals surface area contributed by atoms with Gasteiger partial charge < -0.3 is 10.6 Å². The maximum absolute atomic E-state index is 12.9. The third kappa shape index (κ3) is 3.18. The monoisotopic (exact) mass is 362 g/mol. The minimum absolute atomic E-state index is 0.148. The van der Waals surface area contributed by atoms with Gasteiger partial charge in [-0.15, -0.1) is 0 Å². The second-order valence-electron chi connectivity index (χ2n) is 7.96. The van der Waals surface area contributed by atoms with Gasteiger partial charge in [0.1, 0.15) is 0 Å². The maximum atomic E-state index is 12.9. The van der Waals surface area contributed by atoms with Gasteiger partial charge in [-0.1, -0.05) is 23.7 Å². The molecule has 0 unspecified atom stereocenters. The lowest BCUT2D eigenvalue weighted by atomic mass is 9.49. The molecule has 5 heteroatoms. The molecule has 0 saturated heterocycles. The highest BCUT2D eigenvalue weighted by Gasteiger charge is 2.54. The number of hydrogen-bond donors (Lipinski definition) is 2. The molecule has 1 amide bonds. The Balaban J connectivity index is 1.34. The molecule has 3 nitrogen and oxygen atoms in total. The minimum atomic E-state index is -0.152. The second-order valence-corrected chi connectivity index (χ2v) is 8.81. The van der Waals surface area contributed by atoms with Crippen LogP contribution in [0.15, 0.2) is 24.3 Å². The molecule has 128 valence electrons. The molecule has 4 fully saturated rings. The topological polar surface area (TPSA) is 41.1 Å². The van der Waals surface area contributed by atoms with E-state index in [9.17, 15) is 4.79 Å². The average molecular weight is 363 g/mol. The number of carbonyl (C=O) groups is 1. The first-order valence-corrected chi connectivity index (χ1v) is 9.65. The number of hydrogen-bond acceptors (Lipinski definition) is 2. The fourth-order valence-corrected chi connectivity index (χ4v) is 5.74. The Bertz CT molecular complexity index is 623. The summed E-state index contributed by atoms with van der Waals surface area (Å²) in [7, 11) is 0. The van der Waals surface area contributed by atoms with Gasteiger partial charge in [0.05, 0.1) is 5.41 Å². The Labute approximate surface area is 153 Å². The number of amides is 1. The van der Waals surface area contributed by atoms with E-state index in [0.29, 0.717) is 11.7 Å². The van der Waals surface area contributed by atoms with Gasteiger partial charge in [-0.05, 0) is 86.2 Å². The molecule has 4 aliphatic carbocycles.